The van der Waals surface area contributed by atoms with E-state index in [4.69, 9.17) is 11.6 Å². The molecule has 0 radical (unpaired) electrons. The fourth-order valence-electron chi connectivity index (χ4n) is 3.58. The number of piperazine rings is 1. The highest BCUT2D eigenvalue weighted by Gasteiger charge is 2.45. The molecule has 2 aromatic rings. The number of rotatable bonds is 2. The van der Waals surface area contributed by atoms with Gasteiger partial charge in [0.05, 0.1) is 6.54 Å². The molecule has 0 N–H and O–H groups in total. The number of fused-ring (bicyclic) bond motifs is 3. The third kappa shape index (κ3) is 2.85. The fraction of sp³-hybridized carbons (Fsp3) is 0.615. The molecule has 2 aliphatic rings. The Hall–Kier alpha value is -1.19. The Labute approximate surface area is 139 Å². The van der Waals surface area contributed by atoms with Gasteiger partial charge in [0.1, 0.15) is 16.7 Å². The minimum absolute atomic E-state index is 0.102. The summed E-state index contributed by atoms with van der Waals surface area (Å²) in [7, 11) is 0. The zero-order chi connectivity index (χ0) is 16.2. The number of hydrogen-bond acceptors (Lipinski definition) is 6. The Balaban J connectivity index is 1.61. The lowest BCUT2D eigenvalue weighted by Gasteiger charge is -2.41. The van der Waals surface area contributed by atoms with Crippen molar-refractivity contribution in [2.24, 2.45) is 0 Å². The first kappa shape index (κ1) is 15.3. The molecule has 2 unspecified atom stereocenters. The number of anilines is 1. The third-order valence-corrected chi connectivity index (χ3v) is 5.51. The standard InChI is InChI=1S/C13H13ClF3N5S/c14-12-20-9-10(18-6-19-11(9)23-12)21-3-7-1-2-8(4-21)22(7)5-13(15,16)17/h6-8H,1-5H2. The predicted molar refractivity (Wildman–Crippen MR) is 82.0 cm³/mol. The Morgan fingerprint density at radius 2 is 1.91 bits per heavy atom. The van der Waals surface area contributed by atoms with E-state index in [0.717, 1.165) is 12.8 Å². The average Bonchev–Trinajstić information content (AvgIpc) is 2.92. The van der Waals surface area contributed by atoms with Gasteiger partial charge in [-0.3, -0.25) is 4.90 Å². The molecule has 2 aliphatic heterocycles. The largest absolute Gasteiger partial charge is 0.401 e. The van der Waals surface area contributed by atoms with E-state index >= 15 is 0 Å². The van der Waals surface area contributed by atoms with Gasteiger partial charge in [-0.05, 0) is 12.8 Å². The number of alkyl halides is 3. The normalized spacial score (nSPS) is 25.5. The third-order valence-electron chi connectivity index (χ3n) is 4.44. The first-order valence-corrected chi connectivity index (χ1v) is 8.44. The van der Waals surface area contributed by atoms with Gasteiger partial charge in [-0.1, -0.05) is 22.9 Å². The number of aromatic nitrogens is 3. The zero-order valence-corrected chi connectivity index (χ0v) is 13.5. The molecule has 2 bridgehead atoms. The lowest BCUT2D eigenvalue weighted by molar-refractivity contribution is -0.153. The van der Waals surface area contributed by atoms with Crippen molar-refractivity contribution in [3.05, 3.63) is 10.8 Å². The molecular weight excluding hydrogens is 351 g/mol. The highest BCUT2D eigenvalue weighted by atomic mass is 35.5. The molecule has 0 aliphatic carbocycles. The van der Waals surface area contributed by atoms with Crippen LogP contribution in [0.4, 0.5) is 19.0 Å². The molecule has 0 spiro atoms. The van der Waals surface area contributed by atoms with E-state index in [0.29, 0.717) is 33.7 Å². The van der Waals surface area contributed by atoms with Gasteiger partial charge in [0.25, 0.3) is 0 Å². The van der Waals surface area contributed by atoms with Crippen LogP contribution < -0.4 is 4.90 Å². The van der Waals surface area contributed by atoms with Gasteiger partial charge in [0.2, 0.25) is 0 Å². The number of thiazole rings is 1. The molecule has 124 valence electrons. The van der Waals surface area contributed by atoms with Crippen LogP contribution in [0.1, 0.15) is 12.8 Å². The van der Waals surface area contributed by atoms with Crippen molar-refractivity contribution in [1.29, 1.82) is 0 Å². The molecular formula is C13H13ClF3N5S. The summed E-state index contributed by atoms with van der Waals surface area (Å²) in [5.74, 6) is 0.668. The van der Waals surface area contributed by atoms with Crippen LogP contribution in [-0.4, -0.2) is 57.7 Å². The molecule has 23 heavy (non-hydrogen) atoms. The van der Waals surface area contributed by atoms with Crippen molar-refractivity contribution in [2.75, 3.05) is 24.5 Å². The Morgan fingerprint density at radius 1 is 1.22 bits per heavy atom. The molecule has 5 nitrogen and oxygen atoms in total. The molecule has 4 heterocycles. The van der Waals surface area contributed by atoms with Gasteiger partial charge in [-0.15, -0.1) is 0 Å². The molecule has 0 aromatic carbocycles. The highest BCUT2D eigenvalue weighted by Crippen LogP contribution is 2.36. The van der Waals surface area contributed by atoms with E-state index in [9.17, 15) is 13.2 Å². The molecule has 2 fully saturated rings. The summed E-state index contributed by atoms with van der Waals surface area (Å²) in [6.07, 6.45) is -1.14. The summed E-state index contributed by atoms with van der Waals surface area (Å²) in [5, 5.41) is 0. The topological polar surface area (TPSA) is 45.2 Å². The van der Waals surface area contributed by atoms with E-state index < -0.39 is 12.7 Å². The van der Waals surface area contributed by atoms with Crippen molar-refractivity contribution in [3.8, 4) is 0 Å². The van der Waals surface area contributed by atoms with Gasteiger partial charge < -0.3 is 4.90 Å². The predicted octanol–water partition coefficient (Wildman–Crippen LogP) is 2.96. The number of hydrogen-bond donors (Lipinski definition) is 0. The Morgan fingerprint density at radius 3 is 2.57 bits per heavy atom. The van der Waals surface area contributed by atoms with Crippen LogP contribution in [0.15, 0.2) is 6.33 Å². The summed E-state index contributed by atoms with van der Waals surface area (Å²) in [5.41, 5.74) is 0.631. The summed E-state index contributed by atoms with van der Waals surface area (Å²) in [6, 6.07) is -0.205. The lowest BCUT2D eigenvalue weighted by atomic mass is 10.2. The molecule has 0 saturated carbocycles. The molecule has 2 aromatic heterocycles. The van der Waals surface area contributed by atoms with Crippen molar-refractivity contribution >= 4 is 39.1 Å². The van der Waals surface area contributed by atoms with Crippen LogP contribution in [0.5, 0.6) is 0 Å². The summed E-state index contributed by atoms with van der Waals surface area (Å²) in [4.78, 5) is 17.0. The van der Waals surface area contributed by atoms with Crippen LogP contribution in [0.2, 0.25) is 4.47 Å². The van der Waals surface area contributed by atoms with Gasteiger partial charge in [0, 0.05) is 25.2 Å². The first-order chi connectivity index (χ1) is 10.9. The van der Waals surface area contributed by atoms with Crippen LogP contribution in [0, 0.1) is 0 Å². The highest BCUT2D eigenvalue weighted by molar-refractivity contribution is 7.21. The van der Waals surface area contributed by atoms with E-state index in [-0.39, 0.29) is 12.1 Å². The summed E-state index contributed by atoms with van der Waals surface area (Å²) < 4.78 is 38.6. The molecule has 0 amide bonds. The second-order valence-electron chi connectivity index (χ2n) is 5.90. The zero-order valence-electron chi connectivity index (χ0n) is 11.9. The fourth-order valence-corrected chi connectivity index (χ4v) is 4.51. The van der Waals surface area contributed by atoms with Crippen molar-refractivity contribution in [2.45, 2.75) is 31.1 Å². The minimum Gasteiger partial charge on any atom is -0.352 e. The lowest BCUT2D eigenvalue weighted by Crippen LogP contribution is -2.56. The van der Waals surface area contributed by atoms with Crippen molar-refractivity contribution < 1.29 is 13.2 Å². The monoisotopic (exact) mass is 363 g/mol. The maximum Gasteiger partial charge on any atom is 0.401 e. The average molecular weight is 364 g/mol. The minimum atomic E-state index is -4.16. The van der Waals surface area contributed by atoms with Crippen molar-refractivity contribution in [3.63, 3.8) is 0 Å². The van der Waals surface area contributed by atoms with Gasteiger partial charge >= 0.3 is 6.18 Å². The molecule has 10 heteroatoms. The maximum absolute atomic E-state index is 12.7. The Bertz CT molecular complexity index is 722. The Kier molecular flexibility index (Phi) is 3.62. The van der Waals surface area contributed by atoms with E-state index in [1.165, 1.54) is 17.7 Å². The van der Waals surface area contributed by atoms with Gasteiger partial charge in [0.15, 0.2) is 10.3 Å². The number of halogens is 4. The molecule has 2 saturated heterocycles. The maximum atomic E-state index is 12.7. The molecule has 4 rings (SSSR count). The van der Waals surface area contributed by atoms with E-state index in [1.54, 1.807) is 4.90 Å². The molecule has 2 atom stereocenters. The quantitative estimate of drug-likeness (QED) is 0.821. The van der Waals surface area contributed by atoms with Crippen LogP contribution in [0.3, 0.4) is 0 Å². The van der Waals surface area contributed by atoms with Crippen LogP contribution >= 0.6 is 22.9 Å². The van der Waals surface area contributed by atoms with E-state index in [1.807, 2.05) is 4.90 Å². The summed E-state index contributed by atoms with van der Waals surface area (Å²) >= 11 is 7.22. The first-order valence-electron chi connectivity index (χ1n) is 7.25. The second kappa shape index (κ2) is 5.42. The van der Waals surface area contributed by atoms with E-state index in [2.05, 4.69) is 15.0 Å². The SMILES string of the molecule is FC(F)(F)CN1C2CCC1CN(c1ncnc3sc(Cl)nc13)C2. The second-order valence-corrected chi connectivity index (χ2v) is 7.45. The number of nitrogens with zero attached hydrogens (tertiary/aromatic N) is 5. The van der Waals surface area contributed by atoms with Crippen molar-refractivity contribution in [1.82, 2.24) is 19.9 Å². The van der Waals surface area contributed by atoms with Gasteiger partial charge in [-0.2, -0.15) is 13.2 Å². The van der Waals surface area contributed by atoms with Crippen LogP contribution in [-0.2, 0) is 0 Å². The summed E-state index contributed by atoms with van der Waals surface area (Å²) in [6.45, 7) is 0.208. The van der Waals surface area contributed by atoms with Crippen LogP contribution in [0.25, 0.3) is 10.3 Å². The smallest absolute Gasteiger partial charge is 0.352 e. The van der Waals surface area contributed by atoms with Gasteiger partial charge in [-0.25, -0.2) is 15.0 Å².